The minimum absolute atomic E-state index is 0.245. The quantitative estimate of drug-likeness (QED) is 0.775. The fourth-order valence-corrected chi connectivity index (χ4v) is 1.99. The van der Waals surface area contributed by atoms with Gasteiger partial charge in [0.05, 0.1) is 5.56 Å². The van der Waals surface area contributed by atoms with Gasteiger partial charge in [-0.2, -0.15) is 0 Å². The van der Waals surface area contributed by atoms with Crippen molar-refractivity contribution in [2.75, 3.05) is 0 Å². The maximum atomic E-state index is 13.5. The van der Waals surface area contributed by atoms with Crippen molar-refractivity contribution in [3.05, 3.63) is 35.1 Å². The Hall–Kier alpha value is -1.91. The van der Waals surface area contributed by atoms with Crippen molar-refractivity contribution in [3.8, 4) is 0 Å². The molecule has 0 fully saturated rings. The van der Waals surface area contributed by atoms with E-state index in [9.17, 15) is 14.0 Å². The van der Waals surface area contributed by atoms with E-state index in [0.29, 0.717) is 18.8 Å². The summed E-state index contributed by atoms with van der Waals surface area (Å²) in [6.45, 7) is 6.04. The van der Waals surface area contributed by atoms with Gasteiger partial charge in [0, 0.05) is 0 Å². The molecule has 0 saturated carbocycles. The number of halogens is 1. The first kappa shape index (κ1) is 17.1. The molecule has 0 spiro atoms. The lowest BCUT2D eigenvalue weighted by Crippen LogP contribution is -2.20. The van der Waals surface area contributed by atoms with Gasteiger partial charge in [-0.3, -0.25) is 0 Å². The van der Waals surface area contributed by atoms with Gasteiger partial charge in [0.15, 0.2) is 0 Å². The van der Waals surface area contributed by atoms with Gasteiger partial charge in [0.1, 0.15) is 17.5 Å². The Morgan fingerprint density at radius 2 is 1.95 bits per heavy atom. The van der Waals surface area contributed by atoms with Crippen LogP contribution in [0.15, 0.2) is 18.2 Å². The van der Waals surface area contributed by atoms with Gasteiger partial charge in [-0.05, 0) is 37.3 Å². The monoisotopic (exact) mass is 296 g/mol. The first-order chi connectivity index (χ1) is 9.86. The van der Waals surface area contributed by atoms with Gasteiger partial charge in [0.2, 0.25) is 0 Å². The van der Waals surface area contributed by atoms with Crippen LogP contribution in [-0.2, 0) is 4.74 Å². The van der Waals surface area contributed by atoms with Crippen LogP contribution in [0.1, 0.15) is 60.7 Å². The maximum absolute atomic E-state index is 13.5. The van der Waals surface area contributed by atoms with E-state index in [4.69, 9.17) is 9.84 Å². The molecule has 0 aliphatic rings. The zero-order valence-electron chi connectivity index (χ0n) is 12.6. The highest BCUT2D eigenvalue weighted by atomic mass is 19.1. The summed E-state index contributed by atoms with van der Waals surface area (Å²) >= 11 is 0. The molecule has 1 atom stereocenters. The molecule has 1 rings (SSSR count). The zero-order chi connectivity index (χ0) is 16.0. The van der Waals surface area contributed by atoms with E-state index in [2.05, 4.69) is 13.8 Å². The van der Waals surface area contributed by atoms with Gasteiger partial charge in [0.25, 0.3) is 0 Å². The Morgan fingerprint density at radius 1 is 1.29 bits per heavy atom. The van der Waals surface area contributed by atoms with Gasteiger partial charge in [-0.25, -0.2) is 14.0 Å². The van der Waals surface area contributed by atoms with Gasteiger partial charge < -0.3 is 9.84 Å². The first-order valence-corrected chi connectivity index (χ1v) is 7.09. The Balaban J connectivity index is 2.88. The van der Waals surface area contributed by atoms with Crippen molar-refractivity contribution in [1.82, 2.24) is 0 Å². The first-order valence-electron chi connectivity index (χ1n) is 7.09. The highest BCUT2D eigenvalue weighted by Gasteiger charge is 2.23. The number of rotatable bonds is 7. The number of aromatic carboxylic acids is 1. The van der Waals surface area contributed by atoms with Crippen molar-refractivity contribution < 1.29 is 23.8 Å². The molecule has 0 radical (unpaired) electrons. The van der Waals surface area contributed by atoms with Crippen molar-refractivity contribution >= 4 is 11.9 Å². The molecule has 0 saturated heterocycles. The Morgan fingerprint density at radius 3 is 2.48 bits per heavy atom. The lowest BCUT2D eigenvalue weighted by atomic mass is 10.0. The van der Waals surface area contributed by atoms with E-state index in [1.165, 1.54) is 12.1 Å². The molecule has 0 heterocycles. The molecule has 5 heteroatoms. The molecular formula is C16H21FO4. The number of esters is 1. The van der Waals surface area contributed by atoms with E-state index in [1.54, 1.807) is 0 Å². The molecular weight excluding hydrogens is 275 g/mol. The third-order valence-corrected chi connectivity index (χ3v) is 3.24. The van der Waals surface area contributed by atoms with Crippen LogP contribution in [0.3, 0.4) is 0 Å². The molecule has 21 heavy (non-hydrogen) atoms. The number of carboxylic acids is 1. The third kappa shape index (κ3) is 4.85. The fourth-order valence-electron chi connectivity index (χ4n) is 1.99. The predicted octanol–water partition coefficient (Wildman–Crippen LogP) is 3.90. The smallest absolute Gasteiger partial charge is 0.339 e. The molecule has 116 valence electrons. The topological polar surface area (TPSA) is 63.6 Å². The zero-order valence-corrected chi connectivity index (χ0v) is 12.6. The van der Waals surface area contributed by atoms with Crippen molar-refractivity contribution in [3.63, 3.8) is 0 Å². The number of hydrogen-bond acceptors (Lipinski definition) is 3. The molecule has 0 bridgehead atoms. The number of benzene rings is 1. The van der Waals surface area contributed by atoms with Crippen molar-refractivity contribution in [2.24, 2.45) is 5.92 Å². The SMILES string of the molecule is CCC(CCC(C)C)OC(=O)c1cccc(F)c1C(=O)O. The van der Waals surface area contributed by atoms with E-state index in [-0.39, 0.29) is 11.7 Å². The molecule has 0 aliphatic heterocycles. The lowest BCUT2D eigenvalue weighted by Gasteiger charge is -2.18. The molecule has 1 aromatic carbocycles. The molecule has 0 aromatic heterocycles. The highest BCUT2D eigenvalue weighted by Crippen LogP contribution is 2.18. The summed E-state index contributed by atoms with van der Waals surface area (Å²) in [5.74, 6) is -2.72. The number of ether oxygens (including phenoxy) is 1. The number of carboxylic acid groups (broad SMARTS) is 1. The molecule has 0 aliphatic carbocycles. The summed E-state index contributed by atoms with van der Waals surface area (Å²) < 4.78 is 18.9. The predicted molar refractivity (Wildman–Crippen MR) is 76.9 cm³/mol. The highest BCUT2D eigenvalue weighted by molar-refractivity contribution is 6.02. The van der Waals surface area contributed by atoms with Crippen LogP contribution in [0.25, 0.3) is 0 Å². The van der Waals surface area contributed by atoms with Crippen LogP contribution in [0.4, 0.5) is 4.39 Å². The molecule has 4 nitrogen and oxygen atoms in total. The summed E-state index contributed by atoms with van der Waals surface area (Å²) in [4.78, 5) is 23.2. The summed E-state index contributed by atoms with van der Waals surface area (Å²) in [6, 6.07) is 3.58. The van der Waals surface area contributed by atoms with E-state index >= 15 is 0 Å². The van der Waals surface area contributed by atoms with Gasteiger partial charge >= 0.3 is 11.9 Å². The molecule has 0 amide bonds. The van der Waals surface area contributed by atoms with E-state index < -0.39 is 23.3 Å². The van der Waals surface area contributed by atoms with Crippen LogP contribution >= 0.6 is 0 Å². The van der Waals surface area contributed by atoms with E-state index in [1.807, 2.05) is 6.92 Å². The lowest BCUT2D eigenvalue weighted by molar-refractivity contribution is 0.0255. The Labute approximate surface area is 123 Å². The average molecular weight is 296 g/mol. The van der Waals surface area contributed by atoms with Crippen LogP contribution in [-0.4, -0.2) is 23.1 Å². The third-order valence-electron chi connectivity index (χ3n) is 3.24. The van der Waals surface area contributed by atoms with Gasteiger partial charge in [-0.15, -0.1) is 0 Å². The number of carbonyl (C=O) groups excluding carboxylic acids is 1. The molecule has 1 unspecified atom stereocenters. The normalized spacial score (nSPS) is 12.2. The maximum Gasteiger partial charge on any atom is 0.339 e. The van der Waals surface area contributed by atoms with Crippen LogP contribution < -0.4 is 0 Å². The summed E-state index contributed by atoms with van der Waals surface area (Å²) in [7, 11) is 0. The van der Waals surface area contributed by atoms with Crippen LogP contribution in [0.5, 0.6) is 0 Å². The Bertz CT molecular complexity index is 511. The average Bonchev–Trinajstić information content (AvgIpc) is 2.42. The number of hydrogen-bond donors (Lipinski definition) is 1. The summed E-state index contributed by atoms with van der Waals surface area (Å²) in [6.07, 6.45) is 1.96. The minimum atomic E-state index is -1.48. The van der Waals surface area contributed by atoms with Crippen LogP contribution in [0.2, 0.25) is 0 Å². The largest absolute Gasteiger partial charge is 0.478 e. The second-order valence-electron chi connectivity index (χ2n) is 5.37. The van der Waals surface area contributed by atoms with Gasteiger partial charge in [-0.1, -0.05) is 26.8 Å². The Kier molecular flexibility index (Phi) is 6.34. The summed E-state index contributed by atoms with van der Waals surface area (Å²) in [5, 5.41) is 9.02. The molecule has 1 aromatic rings. The van der Waals surface area contributed by atoms with Crippen LogP contribution in [0, 0.1) is 11.7 Å². The second-order valence-corrected chi connectivity index (χ2v) is 5.37. The minimum Gasteiger partial charge on any atom is -0.478 e. The number of carbonyl (C=O) groups is 2. The summed E-state index contributed by atoms with van der Waals surface area (Å²) in [5.41, 5.74) is -0.883. The standard InChI is InChI=1S/C16H21FO4/c1-4-11(9-8-10(2)3)21-16(20)12-6-5-7-13(17)14(12)15(18)19/h5-7,10-11H,4,8-9H2,1-3H3,(H,18,19). The van der Waals surface area contributed by atoms with Crippen molar-refractivity contribution in [2.45, 2.75) is 46.1 Å². The second kappa shape index (κ2) is 7.76. The van der Waals surface area contributed by atoms with Crippen molar-refractivity contribution in [1.29, 1.82) is 0 Å². The van der Waals surface area contributed by atoms with E-state index in [0.717, 1.165) is 12.5 Å². The fraction of sp³-hybridized carbons (Fsp3) is 0.500. The molecule has 1 N–H and O–H groups in total.